The first-order valence-corrected chi connectivity index (χ1v) is 7.06. The van der Waals surface area contributed by atoms with Gasteiger partial charge in [-0.05, 0) is 31.6 Å². The van der Waals surface area contributed by atoms with Gasteiger partial charge in [0.2, 0.25) is 0 Å². The van der Waals surface area contributed by atoms with Crippen LogP contribution in [0.4, 0.5) is 11.5 Å². The molecule has 1 heterocycles. The van der Waals surface area contributed by atoms with Crippen molar-refractivity contribution in [1.29, 1.82) is 0 Å². The van der Waals surface area contributed by atoms with Crippen LogP contribution in [0.1, 0.15) is 45.4 Å². The Bertz CT molecular complexity index is 428. The smallest absolute Gasteiger partial charge is 0.274 e. The number of hydrogen-bond acceptors (Lipinski definition) is 4. The lowest BCUT2D eigenvalue weighted by atomic mass is 9.83. The molecule has 1 N–H and O–H groups in total. The molecule has 104 valence electrons. The van der Waals surface area contributed by atoms with E-state index in [4.69, 9.17) is 0 Å². The summed E-state index contributed by atoms with van der Waals surface area (Å²) in [7, 11) is 0. The van der Waals surface area contributed by atoms with Gasteiger partial charge in [0.05, 0.1) is 11.0 Å². The van der Waals surface area contributed by atoms with E-state index < -0.39 is 0 Å². The molecule has 0 spiro atoms. The molecule has 1 aliphatic carbocycles. The molecule has 5 nitrogen and oxygen atoms in total. The Morgan fingerprint density at radius 1 is 1.42 bits per heavy atom. The predicted octanol–water partition coefficient (Wildman–Crippen LogP) is 3.76. The molecule has 1 saturated carbocycles. The van der Waals surface area contributed by atoms with Gasteiger partial charge in [0, 0.05) is 18.3 Å². The molecule has 5 heteroatoms. The van der Waals surface area contributed by atoms with E-state index in [1.165, 1.54) is 44.0 Å². The van der Waals surface area contributed by atoms with Gasteiger partial charge in [-0.2, -0.15) is 0 Å². The van der Waals surface area contributed by atoms with Gasteiger partial charge >= 0.3 is 0 Å². The number of anilines is 1. The van der Waals surface area contributed by atoms with E-state index in [1.807, 2.05) is 0 Å². The lowest BCUT2D eigenvalue weighted by Gasteiger charge is -2.29. The van der Waals surface area contributed by atoms with E-state index >= 15 is 0 Å². The average Bonchev–Trinajstić information content (AvgIpc) is 2.42. The lowest BCUT2D eigenvalue weighted by molar-refractivity contribution is -0.384. The van der Waals surface area contributed by atoms with Crippen LogP contribution < -0.4 is 5.32 Å². The Morgan fingerprint density at radius 3 is 2.79 bits per heavy atom. The number of hydrogen-bond donors (Lipinski definition) is 1. The second kappa shape index (κ2) is 6.50. The van der Waals surface area contributed by atoms with Crippen molar-refractivity contribution in [3.63, 3.8) is 0 Å². The second-order valence-electron chi connectivity index (χ2n) is 5.31. The van der Waals surface area contributed by atoms with Crippen molar-refractivity contribution in [3.8, 4) is 0 Å². The molecule has 0 atom stereocenters. The molecule has 2 rings (SSSR count). The third-order valence-corrected chi connectivity index (χ3v) is 3.85. The van der Waals surface area contributed by atoms with Gasteiger partial charge in [-0.1, -0.05) is 19.8 Å². The number of nitro groups is 1. The molecular weight excluding hydrogens is 242 g/mol. The van der Waals surface area contributed by atoms with Gasteiger partial charge in [-0.25, -0.2) is 4.98 Å². The maximum absolute atomic E-state index is 10.7. The monoisotopic (exact) mass is 263 g/mol. The highest BCUT2D eigenvalue weighted by atomic mass is 16.6. The fraction of sp³-hybridized carbons (Fsp3) is 0.643. The summed E-state index contributed by atoms with van der Waals surface area (Å²) < 4.78 is 0. The molecule has 0 unspecified atom stereocenters. The van der Waals surface area contributed by atoms with Crippen LogP contribution in [0.3, 0.4) is 0 Å². The third kappa shape index (κ3) is 3.91. The molecule has 0 bridgehead atoms. The van der Waals surface area contributed by atoms with Crippen LogP contribution in [0.15, 0.2) is 18.3 Å². The van der Waals surface area contributed by atoms with E-state index in [0.717, 1.165) is 18.8 Å². The van der Waals surface area contributed by atoms with Crippen molar-refractivity contribution in [3.05, 3.63) is 28.4 Å². The molecule has 0 aromatic carbocycles. The normalized spacial score (nSPS) is 23.0. The highest BCUT2D eigenvalue weighted by Crippen LogP contribution is 2.29. The zero-order valence-corrected chi connectivity index (χ0v) is 11.3. The summed E-state index contributed by atoms with van der Waals surface area (Å²) in [6, 6.07) is 3.34. The van der Waals surface area contributed by atoms with E-state index in [2.05, 4.69) is 17.2 Å². The SMILES string of the molecule is CCCC1CCC(Nc2cc([N+](=O)[O-])ccn2)CC1. The molecule has 0 aliphatic heterocycles. The minimum Gasteiger partial charge on any atom is -0.367 e. The standard InChI is InChI=1S/C14H21N3O2/c1-2-3-11-4-6-12(7-5-11)16-14-10-13(17(18)19)8-9-15-14/h8-12H,2-7H2,1H3,(H,15,16). The van der Waals surface area contributed by atoms with Crippen LogP contribution in [0.2, 0.25) is 0 Å². The van der Waals surface area contributed by atoms with Crippen LogP contribution in [0.25, 0.3) is 0 Å². The van der Waals surface area contributed by atoms with Crippen molar-refractivity contribution in [1.82, 2.24) is 4.98 Å². The van der Waals surface area contributed by atoms with E-state index in [1.54, 1.807) is 0 Å². The number of pyridine rings is 1. The maximum atomic E-state index is 10.7. The van der Waals surface area contributed by atoms with E-state index in [0.29, 0.717) is 11.9 Å². The van der Waals surface area contributed by atoms with Gasteiger partial charge in [0.1, 0.15) is 5.82 Å². The molecule has 1 aromatic heterocycles. The van der Waals surface area contributed by atoms with Gasteiger partial charge in [-0.15, -0.1) is 0 Å². The predicted molar refractivity (Wildman–Crippen MR) is 75.2 cm³/mol. The quantitative estimate of drug-likeness (QED) is 0.648. The first-order chi connectivity index (χ1) is 9.19. The summed E-state index contributed by atoms with van der Waals surface area (Å²) in [5.74, 6) is 1.48. The number of nitrogens with zero attached hydrogens (tertiary/aromatic N) is 2. The van der Waals surface area contributed by atoms with Crippen molar-refractivity contribution >= 4 is 11.5 Å². The van der Waals surface area contributed by atoms with Gasteiger partial charge in [-0.3, -0.25) is 10.1 Å². The minimum absolute atomic E-state index is 0.0946. The highest BCUT2D eigenvalue weighted by molar-refractivity contribution is 5.44. The van der Waals surface area contributed by atoms with Crippen LogP contribution in [-0.2, 0) is 0 Å². The summed E-state index contributed by atoms with van der Waals surface area (Å²) in [4.78, 5) is 14.5. The summed E-state index contributed by atoms with van der Waals surface area (Å²) in [5.41, 5.74) is 0.0946. The molecule has 19 heavy (non-hydrogen) atoms. The number of nitrogens with one attached hydrogen (secondary N) is 1. The van der Waals surface area contributed by atoms with Crippen LogP contribution in [0.5, 0.6) is 0 Å². The highest BCUT2D eigenvalue weighted by Gasteiger charge is 2.21. The van der Waals surface area contributed by atoms with E-state index in [9.17, 15) is 10.1 Å². The molecule has 0 amide bonds. The number of rotatable bonds is 5. The summed E-state index contributed by atoms with van der Waals surface area (Å²) in [6.07, 6.45) is 8.84. The Hall–Kier alpha value is -1.65. The third-order valence-electron chi connectivity index (χ3n) is 3.85. The Morgan fingerprint density at radius 2 is 2.16 bits per heavy atom. The van der Waals surface area contributed by atoms with Gasteiger partial charge in [0.15, 0.2) is 0 Å². The van der Waals surface area contributed by atoms with E-state index in [-0.39, 0.29) is 10.6 Å². The fourth-order valence-corrected chi connectivity index (χ4v) is 2.82. The van der Waals surface area contributed by atoms with Crippen molar-refractivity contribution < 1.29 is 4.92 Å². The second-order valence-corrected chi connectivity index (χ2v) is 5.31. The van der Waals surface area contributed by atoms with Crippen LogP contribution in [0, 0.1) is 16.0 Å². The van der Waals surface area contributed by atoms with Crippen molar-refractivity contribution in [2.45, 2.75) is 51.5 Å². The fourth-order valence-electron chi connectivity index (χ4n) is 2.82. The maximum Gasteiger partial charge on any atom is 0.274 e. The number of aromatic nitrogens is 1. The zero-order chi connectivity index (χ0) is 13.7. The average molecular weight is 263 g/mol. The lowest BCUT2D eigenvalue weighted by Crippen LogP contribution is -2.26. The van der Waals surface area contributed by atoms with Crippen LogP contribution in [-0.4, -0.2) is 15.9 Å². The van der Waals surface area contributed by atoms with Crippen molar-refractivity contribution in [2.75, 3.05) is 5.32 Å². The molecule has 1 aliphatic rings. The topological polar surface area (TPSA) is 68.1 Å². The largest absolute Gasteiger partial charge is 0.367 e. The molecule has 0 radical (unpaired) electrons. The molecule has 1 fully saturated rings. The Kier molecular flexibility index (Phi) is 4.71. The molecule has 1 aromatic rings. The van der Waals surface area contributed by atoms with Crippen LogP contribution >= 0.6 is 0 Å². The summed E-state index contributed by atoms with van der Waals surface area (Å²) in [5, 5.41) is 14.0. The van der Waals surface area contributed by atoms with Gasteiger partial charge < -0.3 is 5.32 Å². The van der Waals surface area contributed by atoms with Gasteiger partial charge in [0.25, 0.3) is 5.69 Å². The Balaban J connectivity index is 1.88. The minimum atomic E-state index is -0.384. The first-order valence-electron chi connectivity index (χ1n) is 7.06. The first kappa shape index (κ1) is 13.8. The Labute approximate surface area is 113 Å². The van der Waals surface area contributed by atoms with Crippen molar-refractivity contribution in [2.24, 2.45) is 5.92 Å². The summed E-state index contributed by atoms with van der Waals surface area (Å²) in [6.45, 7) is 2.23. The molecular formula is C14H21N3O2. The summed E-state index contributed by atoms with van der Waals surface area (Å²) >= 11 is 0. The molecule has 0 saturated heterocycles. The zero-order valence-electron chi connectivity index (χ0n) is 11.3.